The number of hydrogen-bond acceptors (Lipinski definition) is 6. The molecule has 1 N–H and O–H groups in total. The first-order valence-corrected chi connectivity index (χ1v) is 6.54. The summed E-state index contributed by atoms with van der Waals surface area (Å²) in [6, 6.07) is 6.99. The predicted octanol–water partition coefficient (Wildman–Crippen LogP) is 3.57. The van der Waals surface area contributed by atoms with Crippen LogP contribution < -0.4 is 10.1 Å². The molecule has 0 amide bonds. The number of nitro groups is 1. The average Bonchev–Trinajstić information content (AvgIpc) is 2.40. The van der Waals surface area contributed by atoms with Crippen LogP contribution in [-0.2, 0) is 0 Å². The smallest absolute Gasteiger partial charge is 0.348 e. The lowest BCUT2D eigenvalue weighted by Gasteiger charge is -2.11. The molecule has 1 aromatic carbocycles. The molecule has 0 saturated carbocycles. The van der Waals surface area contributed by atoms with Gasteiger partial charge < -0.3 is 10.1 Å². The monoisotopic (exact) mass is 308 g/mol. The zero-order chi connectivity index (χ0) is 15.4. The van der Waals surface area contributed by atoms with Gasteiger partial charge in [0, 0.05) is 5.69 Å². The molecule has 0 aliphatic rings. The molecule has 0 fully saturated rings. The highest BCUT2D eigenvalue weighted by Crippen LogP contribution is 2.31. The Balaban J connectivity index is 2.22. The molecule has 1 heterocycles. The number of ether oxygens (including phenoxy) is 1. The zero-order valence-corrected chi connectivity index (χ0v) is 12.2. The normalized spacial score (nSPS) is 10.5. The highest BCUT2D eigenvalue weighted by molar-refractivity contribution is 6.31. The first kappa shape index (κ1) is 15.0. The quantitative estimate of drug-likeness (QED) is 0.516. The van der Waals surface area contributed by atoms with Crippen LogP contribution in [0.15, 0.2) is 30.6 Å². The van der Waals surface area contributed by atoms with Crippen molar-refractivity contribution >= 4 is 28.8 Å². The number of halogens is 1. The van der Waals surface area contributed by atoms with E-state index in [-0.39, 0.29) is 22.8 Å². The van der Waals surface area contributed by atoms with E-state index in [9.17, 15) is 10.1 Å². The van der Waals surface area contributed by atoms with Gasteiger partial charge in [-0.25, -0.2) is 9.97 Å². The zero-order valence-electron chi connectivity index (χ0n) is 11.4. The molecule has 0 radical (unpaired) electrons. The van der Waals surface area contributed by atoms with Gasteiger partial charge in [0.25, 0.3) is 0 Å². The lowest BCUT2D eigenvalue weighted by molar-refractivity contribution is -0.384. The number of anilines is 2. The first-order chi connectivity index (χ1) is 9.97. The van der Waals surface area contributed by atoms with Gasteiger partial charge in [0.05, 0.1) is 11.0 Å². The molecule has 110 valence electrons. The summed E-state index contributed by atoms with van der Waals surface area (Å²) in [5.74, 6) is 0.753. The third-order valence-electron chi connectivity index (χ3n) is 2.45. The van der Waals surface area contributed by atoms with Crippen molar-refractivity contribution in [3.05, 3.63) is 45.9 Å². The Hall–Kier alpha value is -2.41. The molecule has 7 nitrogen and oxygen atoms in total. The van der Waals surface area contributed by atoms with Gasteiger partial charge in [-0.3, -0.25) is 10.1 Å². The highest BCUT2D eigenvalue weighted by Gasteiger charge is 2.21. The average molecular weight is 309 g/mol. The molecule has 0 aliphatic carbocycles. The molecule has 21 heavy (non-hydrogen) atoms. The maximum absolute atomic E-state index is 11.0. The molecular formula is C13H13ClN4O3. The lowest BCUT2D eigenvalue weighted by Crippen LogP contribution is -2.05. The summed E-state index contributed by atoms with van der Waals surface area (Å²) in [7, 11) is 0. The minimum absolute atomic E-state index is 0.0394. The van der Waals surface area contributed by atoms with Gasteiger partial charge in [0.1, 0.15) is 12.1 Å². The maximum Gasteiger partial charge on any atom is 0.348 e. The van der Waals surface area contributed by atoms with Crippen LogP contribution in [0, 0.1) is 10.1 Å². The second-order valence-corrected chi connectivity index (χ2v) is 4.79. The molecule has 0 atom stereocenters. The number of nitrogens with zero attached hydrogens (tertiary/aromatic N) is 3. The summed E-state index contributed by atoms with van der Waals surface area (Å²) in [5, 5.41) is 13.6. The van der Waals surface area contributed by atoms with Gasteiger partial charge in [-0.15, -0.1) is 0 Å². The fourth-order valence-electron chi connectivity index (χ4n) is 1.64. The minimum Gasteiger partial charge on any atom is -0.491 e. The largest absolute Gasteiger partial charge is 0.491 e. The van der Waals surface area contributed by atoms with Crippen LogP contribution in [0.3, 0.4) is 0 Å². The van der Waals surface area contributed by atoms with Gasteiger partial charge in [0.2, 0.25) is 11.0 Å². The summed E-state index contributed by atoms with van der Waals surface area (Å²) in [4.78, 5) is 17.8. The van der Waals surface area contributed by atoms with E-state index in [1.54, 1.807) is 24.3 Å². The van der Waals surface area contributed by atoms with Crippen LogP contribution in [0.2, 0.25) is 5.15 Å². The number of aromatic nitrogens is 2. The third-order valence-corrected chi connectivity index (χ3v) is 2.73. The molecule has 0 unspecified atom stereocenters. The van der Waals surface area contributed by atoms with Gasteiger partial charge in [-0.05, 0) is 38.1 Å². The van der Waals surface area contributed by atoms with Gasteiger partial charge in [0.15, 0.2) is 0 Å². The Morgan fingerprint density at radius 2 is 1.95 bits per heavy atom. The lowest BCUT2D eigenvalue weighted by atomic mass is 10.3. The second kappa shape index (κ2) is 6.36. The van der Waals surface area contributed by atoms with Crippen LogP contribution in [0.25, 0.3) is 0 Å². The number of benzene rings is 1. The van der Waals surface area contributed by atoms with E-state index in [0.29, 0.717) is 11.4 Å². The van der Waals surface area contributed by atoms with E-state index >= 15 is 0 Å². The van der Waals surface area contributed by atoms with Crippen LogP contribution in [0.1, 0.15) is 13.8 Å². The van der Waals surface area contributed by atoms with Gasteiger partial charge in [-0.1, -0.05) is 11.6 Å². The summed E-state index contributed by atoms with van der Waals surface area (Å²) < 4.78 is 5.52. The summed E-state index contributed by atoms with van der Waals surface area (Å²) in [6.07, 6.45) is 1.24. The first-order valence-electron chi connectivity index (χ1n) is 6.16. The molecule has 0 saturated heterocycles. The van der Waals surface area contributed by atoms with E-state index in [0.717, 1.165) is 6.33 Å². The molecular weight excluding hydrogens is 296 g/mol. The molecule has 2 rings (SSSR count). The fraction of sp³-hybridized carbons (Fsp3) is 0.231. The maximum atomic E-state index is 11.0. The predicted molar refractivity (Wildman–Crippen MR) is 79.2 cm³/mol. The molecule has 0 spiro atoms. The standard InChI is InChI=1S/C13H13ClN4O3/c1-8(2)21-10-5-3-9(4-6-10)17-13-11(18(19)20)12(14)15-7-16-13/h3-8H,1-2H3,(H,15,16,17). The van der Waals surface area contributed by atoms with E-state index in [1.165, 1.54) is 0 Å². The molecule has 8 heteroatoms. The van der Waals surface area contributed by atoms with Crippen molar-refractivity contribution in [1.82, 2.24) is 9.97 Å². The number of rotatable bonds is 5. The van der Waals surface area contributed by atoms with Crippen molar-refractivity contribution in [2.75, 3.05) is 5.32 Å². The molecule has 0 aliphatic heterocycles. The number of nitrogens with one attached hydrogen (secondary N) is 1. The second-order valence-electron chi connectivity index (χ2n) is 4.43. The van der Waals surface area contributed by atoms with Crippen LogP contribution in [0.5, 0.6) is 5.75 Å². The van der Waals surface area contributed by atoms with Crippen LogP contribution in [0.4, 0.5) is 17.2 Å². The molecule has 1 aromatic heterocycles. The van der Waals surface area contributed by atoms with E-state index < -0.39 is 4.92 Å². The van der Waals surface area contributed by atoms with Gasteiger partial charge in [-0.2, -0.15) is 0 Å². The molecule has 0 bridgehead atoms. The minimum atomic E-state index is -0.624. The van der Waals surface area contributed by atoms with E-state index in [1.807, 2.05) is 13.8 Å². The summed E-state index contributed by atoms with van der Waals surface area (Å²) in [5.41, 5.74) is 0.269. The summed E-state index contributed by atoms with van der Waals surface area (Å²) in [6.45, 7) is 3.86. The highest BCUT2D eigenvalue weighted by atomic mass is 35.5. The SMILES string of the molecule is CC(C)Oc1ccc(Nc2ncnc(Cl)c2[N+](=O)[O-])cc1. The summed E-state index contributed by atoms with van der Waals surface area (Å²) >= 11 is 5.72. The molecule has 2 aromatic rings. The Morgan fingerprint density at radius 1 is 1.29 bits per heavy atom. The van der Waals surface area contributed by atoms with Gasteiger partial charge >= 0.3 is 5.69 Å². The van der Waals surface area contributed by atoms with Crippen molar-refractivity contribution in [2.24, 2.45) is 0 Å². The Kier molecular flexibility index (Phi) is 4.54. The van der Waals surface area contributed by atoms with Crippen LogP contribution >= 0.6 is 11.6 Å². The third kappa shape index (κ3) is 3.79. The van der Waals surface area contributed by atoms with Crippen molar-refractivity contribution < 1.29 is 9.66 Å². The fourth-order valence-corrected chi connectivity index (χ4v) is 1.84. The van der Waals surface area contributed by atoms with Crippen molar-refractivity contribution in [2.45, 2.75) is 20.0 Å². The van der Waals surface area contributed by atoms with Crippen molar-refractivity contribution in [3.63, 3.8) is 0 Å². The Morgan fingerprint density at radius 3 is 2.52 bits per heavy atom. The Bertz CT molecular complexity index is 646. The van der Waals surface area contributed by atoms with E-state index in [4.69, 9.17) is 16.3 Å². The van der Waals surface area contributed by atoms with Crippen molar-refractivity contribution in [1.29, 1.82) is 0 Å². The Labute approximate surface area is 126 Å². The number of hydrogen-bond donors (Lipinski definition) is 1. The topological polar surface area (TPSA) is 90.2 Å². The van der Waals surface area contributed by atoms with Crippen molar-refractivity contribution in [3.8, 4) is 5.75 Å². The van der Waals surface area contributed by atoms with Crippen LogP contribution in [-0.4, -0.2) is 21.0 Å². The van der Waals surface area contributed by atoms with E-state index in [2.05, 4.69) is 15.3 Å².